The van der Waals surface area contributed by atoms with Crippen molar-refractivity contribution in [1.82, 2.24) is 0 Å². The van der Waals surface area contributed by atoms with Gasteiger partial charge in [-0.05, 0) is 32.4 Å². The van der Waals surface area contributed by atoms with Crippen molar-refractivity contribution in [2.75, 3.05) is 19.8 Å². The summed E-state index contributed by atoms with van der Waals surface area (Å²) in [7, 11) is 0. The van der Waals surface area contributed by atoms with Gasteiger partial charge in [-0.15, -0.1) is 0 Å². The van der Waals surface area contributed by atoms with Gasteiger partial charge in [-0.3, -0.25) is 0 Å². The molecule has 0 N–H and O–H groups in total. The highest BCUT2D eigenvalue weighted by molar-refractivity contribution is 5.00. The highest BCUT2D eigenvalue weighted by Gasteiger charge is 2.39. The van der Waals surface area contributed by atoms with E-state index in [4.69, 9.17) is 14.2 Å². The lowest BCUT2D eigenvalue weighted by Gasteiger charge is -2.40. The van der Waals surface area contributed by atoms with Gasteiger partial charge in [-0.1, -0.05) is 0 Å². The molecule has 0 aromatic carbocycles. The first-order chi connectivity index (χ1) is 7.28. The fourth-order valence-corrected chi connectivity index (χ4v) is 1.93. The number of rotatable bonds is 0. The van der Waals surface area contributed by atoms with Crippen LogP contribution in [0.15, 0.2) is 23.9 Å². The van der Waals surface area contributed by atoms with Gasteiger partial charge in [0.25, 0.3) is 5.95 Å². The Morgan fingerprint density at radius 3 is 2.13 bits per heavy atom. The van der Waals surface area contributed by atoms with Crippen LogP contribution in [0.1, 0.15) is 26.7 Å². The molecule has 15 heavy (non-hydrogen) atoms. The second-order valence-corrected chi connectivity index (χ2v) is 4.23. The molecule has 0 radical (unpaired) electrons. The van der Waals surface area contributed by atoms with E-state index < -0.39 is 0 Å². The van der Waals surface area contributed by atoms with Gasteiger partial charge in [-0.25, -0.2) is 0 Å². The molecule has 2 fully saturated rings. The van der Waals surface area contributed by atoms with E-state index in [9.17, 15) is 0 Å². The molecule has 2 aliphatic heterocycles. The quantitative estimate of drug-likeness (QED) is 0.615. The summed E-state index contributed by atoms with van der Waals surface area (Å²) in [5.41, 5.74) is 0.0685. The summed E-state index contributed by atoms with van der Waals surface area (Å²) in [4.78, 5) is 0. The molecule has 0 aromatic rings. The Kier molecular flexibility index (Phi) is 2.89. The highest BCUT2D eigenvalue weighted by atomic mass is 16.7. The van der Waals surface area contributed by atoms with E-state index in [2.05, 4.69) is 0 Å². The Labute approximate surface area is 90.7 Å². The van der Waals surface area contributed by atoms with Crippen LogP contribution in [-0.2, 0) is 14.2 Å². The lowest BCUT2D eigenvalue weighted by Crippen LogP contribution is -2.42. The normalized spacial score (nSPS) is 33.2. The molecule has 2 saturated heterocycles. The first-order valence-corrected chi connectivity index (χ1v) is 5.48. The fourth-order valence-electron chi connectivity index (χ4n) is 1.93. The highest BCUT2D eigenvalue weighted by Crippen LogP contribution is 2.37. The van der Waals surface area contributed by atoms with Crippen molar-refractivity contribution >= 4 is 0 Å². The number of hydrogen-bond donors (Lipinski definition) is 0. The van der Waals surface area contributed by atoms with Gasteiger partial charge in [0.1, 0.15) is 13.2 Å². The van der Waals surface area contributed by atoms with Crippen molar-refractivity contribution < 1.29 is 14.2 Å². The molecule has 0 atom stereocenters. The second-order valence-electron chi connectivity index (χ2n) is 4.23. The maximum atomic E-state index is 5.67. The molecular formula is C12H18O3. The van der Waals surface area contributed by atoms with Crippen molar-refractivity contribution in [1.29, 1.82) is 0 Å². The van der Waals surface area contributed by atoms with E-state index in [1.807, 2.05) is 26.0 Å². The van der Waals surface area contributed by atoms with E-state index in [-0.39, 0.29) is 5.41 Å². The van der Waals surface area contributed by atoms with Crippen LogP contribution in [0.3, 0.4) is 0 Å². The third-order valence-corrected chi connectivity index (χ3v) is 3.06. The number of ether oxygens (including phenoxy) is 3. The first-order valence-electron chi connectivity index (χ1n) is 5.48. The molecule has 0 bridgehead atoms. The molecule has 84 valence electrons. The van der Waals surface area contributed by atoms with Crippen LogP contribution in [0.2, 0.25) is 0 Å². The molecule has 2 aliphatic rings. The SMILES string of the molecule is CC=C1CCC2(CO1)COC(=CC)OC2. The summed E-state index contributed by atoms with van der Waals surface area (Å²) in [6, 6.07) is 0. The largest absolute Gasteiger partial charge is 0.497 e. The Morgan fingerprint density at radius 1 is 1.00 bits per heavy atom. The van der Waals surface area contributed by atoms with Crippen LogP contribution < -0.4 is 0 Å². The second kappa shape index (κ2) is 4.17. The molecule has 0 amide bonds. The van der Waals surface area contributed by atoms with E-state index in [0.29, 0.717) is 25.8 Å². The topological polar surface area (TPSA) is 27.7 Å². The van der Waals surface area contributed by atoms with E-state index in [1.165, 1.54) is 0 Å². The van der Waals surface area contributed by atoms with Crippen molar-refractivity contribution in [2.45, 2.75) is 26.7 Å². The summed E-state index contributed by atoms with van der Waals surface area (Å²) in [6.45, 7) is 6.07. The van der Waals surface area contributed by atoms with Gasteiger partial charge >= 0.3 is 0 Å². The predicted molar refractivity (Wildman–Crippen MR) is 57.0 cm³/mol. The minimum absolute atomic E-state index is 0.0685. The standard InChI is InChI=1S/C12H18O3/c1-3-10-5-6-12(7-13-10)8-14-11(4-2)15-9-12/h3-4H,5-9H2,1-2H3. The third-order valence-electron chi connectivity index (χ3n) is 3.06. The Bertz CT molecular complexity index is 238. The van der Waals surface area contributed by atoms with Crippen LogP contribution in [0.5, 0.6) is 0 Å². The minimum Gasteiger partial charge on any atom is -0.497 e. The summed E-state index contributed by atoms with van der Waals surface area (Å²) >= 11 is 0. The van der Waals surface area contributed by atoms with E-state index in [1.54, 1.807) is 0 Å². The van der Waals surface area contributed by atoms with E-state index in [0.717, 1.165) is 18.6 Å². The van der Waals surface area contributed by atoms with Crippen LogP contribution in [0.25, 0.3) is 0 Å². The van der Waals surface area contributed by atoms with E-state index >= 15 is 0 Å². The molecule has 0 aromatic heterocycles. The molecule has 3 nitrogen and oxygen atoms in total. The van der Waals surface area contributed by atoms with Crippen LogP contribution >= 0.6 is 0 Å². The zero-order valence-corrected chi connectivity index (χ0v) is 9.41. The molecule has 2 rings (SSSR count). The predicted octanol–water partition coefficient (Wildman–Crippen LogP) is 2.60. The summed E-state index contributed by atoms with van der Waals surface area (Å²) in [6.07, 6.45) is 5.97. The Balaban J connectivity index is 1.94. The average molecular weight is 210 g/mol. The zero-order valence-electron chi connectivity index (χ0n) is 9.41. The van der Waals surface area contributed by atoms with Crippen molar-refractivity contribution in [2.24, 2.45) is 5.41 Å². The van der Waals surface area contributed by atoms with Crippen LogP contribution in [-0.4, -0.2) is 19.8 Å². The Morgan fingerprint density at radius 2 is 1.67 bits per heavy atom. The Hall–Kier alpha value is -1.12. The average Bonchev–Trinajstić information content (AvgIpc) is 2.31. The van der Waals surface area contributed by atoms with Gasteiger partial charge in [0, 0.05) is 6.42 Å². The maximum absolute atomic E-state index is 5.67. The van der Waals surface area contributed by atoms with Gasteiger partial charge in [0.05, 0.1) is 17.8 Å². The van der Waals surface area contributed by atoms with Gasteiger partial charge in [0.15, 0.2) is 0 Å². The van der Waals surface area contributed by atoms with Gasteiger partial charge in [-0.2, -0.15) is 0 Å². The van der Waals surface area contributed by atoms with Crippen molar-refractivity contribution in [3.8, 4) is 0 Å². The molecule has 0 aliphatic carbocycles. The molecule has 0 saturated carbocycles. The molecule has 2 heterocycles. The summed E-state index contributed by atoms with van der Waals surface area (Å²) in [5.74, 6) is 1.75. The lowest BCUT2D eigenvalue weighted by atomic mass is 9.83. The van der Waals surface area contributed by atoms with Crippen LogP contribution in [0, 0.1) is 5.41 Å². The van der Waals surface area contributed by atoms with Crippen molar-refractivity contribution in [3.05, 3.63) is 23.9 Å². The van der Waals surface area contributed by atoms with Gasteiger partial charge in [0.2, 0.25) is 0 Å². The zero-order chi connectivity index (χ0) is 10.7. The minimum atomic E-state index is 0.0685. The number of allylic oxidation sites excluding steroid dienone is 3. The molecule has 0 unspecified atom stereocenters. The number of hydrogen-bond acceptors (Lipinski definition) is 3. The molecule has 1 spiro atoms. The summed E-state index contributed by atoms with van der Waals surface area (Å²) < 4.78 is 16.7. The lowest BCUT2D eigenvalue weighted by molar-refractivity contribution is -0.136. The molecular weight excluding hydrogens is 192 g/mol. The van der Waals surface area contributed by atoms with Crippen molar-refractivity contribution in [3.63, 3.8) is 0 Å². The summed E-state index contributed by atoms with van der Waals surface area (Å²) in [5, 5.41) is 0. The fraction of sp³-hybridized carbons (Fsp3) is 0.667. The van der Waals surface area contributed by atoms with Crippen LogP contribution in [0.4, 0.5) is 0 Å². The monoisotopic (exact) mass is 210 g/mol. The third kappa shape index (κ3) is 2.11. The maximum Gasteiger partial charge on any atom is 0.274 e. The first kappa shape index (κ1) is 10.4. The van der Waals surface area contributed by atoms with Gasteiger partial charge < -0.3 is 14.2 Å². The smallest absolute Gasteiger partial charge is 0.274 e. The molecule has 3 heteroatoms.